The van der Waals surface area contributed by atoms with Crippen molar-refractivity contribution < 1.29 is 4.79 Å². The zero-order valence-corrected chi connectivity index (χ0v) is 13.0. The van der Waals surface area contributed by atoms with Crippen LogP contribution < -0.4 is 10.2 Å². The third-order valence-corrected chi connectivity index (χ3v) is 3.84. The van der Waals surface area contributed by atoms with Crippen LogP contribution >= 0.6 is 24.8 Å². The topological polar surface area (TPSA) is 35.6 Å². The van der Waals surface area contributed by atoms with Crippen molar-refractivity contribution in [2.45, 2.75) is 12.5 Å². The van der Waals surface area contributed by atoms with Gasteiger partial charge in [0.1, 0.15) is 0 Å². The van der Waals surface area contributed by atoms with Crippen molar-refractivity contribution in [1.29, 1.82) is 0 Å². The van der Waals surface area contributed by atoms with E-state index in [9.17, 15) is 4.79 Å². The molecule has 1 aromatic rings. The minimum Gasteiger partial charge on any atom is -0.314 e. The number of carbonyl (C=O) groups is 1. The molecule has 0 bridgehead atoms. The molecule has 0 spiro atoms. The predicted molar refractivity (Wildman–Crippen MR) is 86.1 cm³/mol. The summed E-state index contributed by atoms with van der Waals surface area (Å²) in [6, 6.07) is 10.1. The molecular formula is C14H21Cl2N3O. The van der Waals surface area contributed by atoms with Gasteiger partial charge in [-0.05, 0) is 18.6 Å². The van der Waals surface area contributed by atoms with Gasteiger partial charge in [0.25, 0.3) is 0 Å². The number of halogens is 2. The van der Waals surface area contributed by atoms with Crippen molar-refractivity contribution in [2.75, 3.05) is 37.6 Å². The first-order chi connectivity index (χ1) is 8.86. The van der Waals surface area contributed by atoms with Crippen molar-refractivity contribution in [3.05, 3.63) is 30.3 Å². The van der Waals surface area contributed by atoms with Crippen LogP contribution in [-0.4, -0.2) is 49.6 Å². The number of nitrogens with zero attached hydrogens (tertiary/aromatic N) is 2. The second kappa shape index (κ2) is 7.84. The van der Waals surface area contributed by atoms with E-state index in [0.29, 0.717) is 0 Å². The highest BCUT2D eigenvalue weighted by Gasteiger charge is 2.36. The Kier molecular flexibility index (Phi) is 6.76. The first-order valence-corrected chi connectivity index (χ1v) is 6.67. The lowest BCUT2D eigenvalue weighted by molar-refractivity contribution is -0.121. The molecule has 1 amide bonds. The molecule has 6 heteroatoms. The molecular weight excluding hydrogens is 297 g/mol. The summed E-state index contributed by atoms with van der Waals surface area (Å²) >= 11 is 0. The lowest BCUT2D eigenvalue weighted by atomic mass is 10.2. The van der Waals surface area contributed by atoms with Crippen LogP contribution in [0.2, 0.25) is 0 Å². The quantitative estimate of drug-likeness (QED) is 0.898. The molecule has 2 aliphatic heterocycles. The fourth-order valence-electron chi connectivity index (χ4n) is 2.86. The predicted octanol–water partition coefficient (Wildman–Crippen LogP) is 1.54. The molecule has 112 valence electrons. The maximum Gasteiger partial charge on any atom is 0.244 e. The molecule has 0 unspecified atom stereocenters. The standard InChI is InChI=1S/C14H19N3O.2ClH/c18-14-13(16-10-7-15-8-11-16)6-9-17(14)12-4-2-1-3-5-12;;/h1-5,13,15H,6-11H2;2*1H/t13-;;/m0../s1. The zero-order chi connectivity index (χ0) is 12.4. The lowest BCUT2D eigenvalue weighted by Crippen LogP contribution is -2.51. The number of benzene rings is 1. The Bertz CT molecular complexity index is 424. The highest BCUT2D eigenvalue weighted by atomic mass is 35.5. The smallest absolute Gasteiger partial charge is 0.244 e. The second-order valence-corrected chi connectivity index (χ2v) is 4.92. The first kappa shape index (κ1) is 17.2. The maximum atomic E-state index is 12.5. The molecule has 2 heterocycles. The van der Waals surface area contributed by atoms with Gasteiger partial charge in [0.15, 0.2) is 0 Å². The SMILES string of the molecule is Cl.Cl.O=C1[C@@H](N2CCNCC2)CCN1c1ccccc1. The van der Waals surface area contributed by atoms with Gasteiger partial charge in [0, 0.05) is 38.4 Å². The minimum atomic E-state index is 0. The Morgan fingerprint density at radius 2 is 1.65 bits per heavy atom. The Balaban J connectivity index is 0.000001000. The molecule has 2 fully saturated rings. The van der Waals surface area contributed by atoms with Crippen LogP contribution in [0.5, 0.6) is 0 Å². The average molecular weight is 318 g/mol. The molecule has 0 aliphatic carbocycles. The van der Waals surface area contributed by atoms with Crippen LogP contribution in [-0.2, 0) is 4.79 Å². The molecule has 3 rings (SSSR count). The summed E-state index contributed by atoms with van der Waals surface area (Å²) in [4.78, 5) is 16.7. The van der Waals surface area contributed by atoms with Crippen LogP contribution in [0.3, 0.4) is 0 Å². The van der Waals surface area contributed by atoms with Crippen molar-refractivity contribution in [1.82, 2.24) is 10.2 Å². The van der Waals surface area contributed by atoms with Crippen LogP contribution in [0.15, 0.2) is 30.3 Å². The summed E-state index contributed by atoms with van der Waals surface area (Å²) < 4.78 is 0. The van der Waals surface area contributed by atoms with E-state index in [1.807, 2.05) is 35.2 Å². The Labute approximate surface area is 132 Å². The lowest BCUT2D eigenvalue weighted by Gasteiger charge is -2.31. The summed E-state index contributed by atoms with van der Waals surface area (Å²) in [5.41, 5.74) is 1.03. The first-order valence-electron chi connectivity index (χ1n) is 6.67. The summed E-state index contributed by atoms with van der Waals surface area (Å²) in [7, 11) is 0. The molecule has 0 radical (unpaired) electrons. The number of nitrogens with one attached hydrogen (secondary N) is 1. The van der Waals surface area contributed by atoms with Gasteiger partial charge in [-0.15, -0.1) is 24.8 Å². The van der Waals surface area contributed by atoms with Crippen LogP contribution in [0, 0.1) is 0 Å². The third-order valence-electron chi connectivity index (χ3n) is 3.84. The molecule has 1 N–H and O–H groups in total. The van der Waals surface area contributed by atoms with Gasteiger partial charge in [-0.3, -0.25) is 9.69 Å². The van der Waals surface area contributed by atoms with E-state index < -0.39 is 0 Å². The summed E-state index contributed by atoms with van der Waals surface area (Å²) in [5.74, 6) is 0.267. The average Bonchev–Trinajstić information content (AvgIpc) is 2.83. The normalized spacial score (nSPS) is 23.1. The number of para-hydroxylation sites is 1. The molecule has 0 saturated carbocycles. The van der Waals surface area contributed by atoms with Crippen LogP contribution in [0.4, 0.5) is 5.69 Å². The monoisotopic (exact) mass is 317 g/mol. The summed E-state index contributed by atoms with van der Waals surface area (Å²) in [6.07, 6.45) is 0.952. The van der Waals surface area contributed by atoms with Gasteiger partial charge >= 0.3 is 0 Å². The van der Waals surface area contributed by atoms with E-state index in [2.05, 4.69) is 10.2 Å². The molecule has 1 atom stereocenters. The highest BCUT2D eigenvalue weighted by molar-refractivity contribution is 5.99. The van der Waals surface area contributed by atoms with Crippen LogP contribution in [0.1, 0.15) is 6.42 Å². The molecule has 2 aliphatic rings. The van der Waals surface area contributed by atoms with Gasteiger partial charge in [-0.1, -0.05) is 18.2 Å². The number of piperazine rings is 1. The largest absolute Gasteiger partial charge is 0.314 e. The number of amides is 1. The van der Waals surface area contributed by atoms with E-state index in [1.54, 1.807) is 0 Å². The van der Waals surface area contributed by atoms with E-state index in [4.69, 9.17) is 0 Å². The highest BCUT2D eigenvalue weighted by Crippen LogP contribution is 2.24. The van der Waals surface area contributed by atoms with Gasteiger partial charge in [-0.2, -0.15) is 0 Å². The number of hydrogen-bond acceptors (Lipinski definition) is 3. The minimum absolute atomic E-state index is 0. The zero-order valence-electron chi connectivity index (χ0n) is 11.3. The molecule has 2 saturated heterocycles. The van der Waals surface area contributed by atoms with Crippen molar-refractivity contribution >= 4 is 36.4 Å². The van der Waals surface area contributed by atoms with Gasteiger partial charge in [0.2, 0.25) is 5.91 Å². The molecule has 4 nitrogen and oxygen atoms in total. The summed E-state index contributed by atoms with van der Waals surface area (Å²) in [6.45, 7) is 4.81. The fourth-order valence-corrected chi connectivity index (χ4v) is 2.86. The number of carbonyl (C=O) groups excluding carboxylic acids is 1. The van der Waals surface area contributed by atoms with Gasteiger partial charge < -0.3 is 10.2 Å². The number of hydrogen-bond donors (Lipinski definition) is 1. The van der Waals surface area contributed by atoms with E-state index in [1.165, 1.54) is 0 Å². The fraction of sp³-hybridized carbons (Fsp3) is 0.500. The molecule has 0 aromatic heterocycles. The summed E-state index contributed by atoms with van der Waals surface area (Å²) in [5, 5.41) is 3.33. The molecule has 20 heavy (non-hydrogen) atoms. The molecule has 1 aromatic carbocycles. The van der Waals surface area contributed by atoms with Gasteiger partial charge in [-0.25, -0.2) is 0 Å². The Morgan fingerprint density at radius 1 is 1.00 bits per heavy atom. The Morgan fingerprint density at radius 3 is 2.30 bits per heavy atom. The maximum absolute atomic E-state index is 12.5. The Hall–Kier alpha value is -0.810. The van der Waals surface area contributed by atoms with E-state index >= 15 is 0 Å². The van der Waals surface area contributed by atoms with Gasteiger partial charge in [0.05, 0.1) is 6.04 Å². The van der Waals surface area contributed by atoms with Crippen molar-refractivity contribution in [3.63, 3.8) is 0 Å². The van der Waals surface area contributed by atoms with E-state index in [-0.39, 0.29) is 36.8 Å². The van der Waals surface area contributed by atoms with E-state index in [0.717, 1.165) is 44.8 Å². The number of rotatable bonds is 2. The van der Waals surface area contributed by atoms with Crippen LogP contribution in [0.25, 0.3) is 0 Å². The van der Waals surface area contributed by atoms with Crippen molar-refractivity contribution in [2.24, 2.45) is 0 Å². The second-order valence-electron chi connectivity index (χ2n) is 4.92. The number of anilines is 1. The third kappa shape index (κ3) is 3.44. The van der Waals surface area contributed by atoms with Crippen molar-refractivity contribution in [3.8, 4) is 0 Å².